The fourth-order valence-corrected chi connectivity index (χ4v) is 4.28. The maximum atomic E-state index is 12.6. The summed E-state index contributed by atoms with van der Waals surface area (Å²) in [5.41, 5.74) is 10.9. The number of nitrogens with two attached hydrogens (primary N) is 1. The first-order valence-corrected chi connectivity index (χ1v) is 12.8. The van der Waals surface area contributed by atoms with Gasteiger partial charge in [-0.15, -0.1) is 0 Å². The van der Waals surface area contributed by atoms with Crippen LogP contribution in [-0.2, 0) is 21.1 Å². The first-order valence-electron chi connectivity index (χ1n) is 12.8. The number of nitrogens with one attached hydrogen (secondary N) is 1. The molecule has 0 radical (unpaired) electrons. The average molecular weight is 538 g/mol. The lowest BCUT2D eigenvalue weighted by atomic mass is 10.0. The molecule has 0 fully saturated rings. The third-order valence-corrected chi connectivity index (χ3v) is 6.82. The van der Waals surface area contributed by atoms with Crippen molar-refractivity contribution in [2.45, 2.75) is 33.0 Å². The zero-order valence-corrected chi connectivity index (χ0v) is 22.7. The van der Waals surface area contributed by atoms with Crippen molar-refractivity contribution in [3.63, 3.8) is 0 Å². The highest BCUT2D eigenvalue weighted by Crippen LogP contribution is 2.35. The smallest absolute Gasteiger partial charge is 0.324 e. The van der Waals surface area contributed by atoms with E-state index in [9.17, 15) is 14.9 Å². The summed E-state index contributed by atoms with van der Waals surface area (Å²) in [5, 5.41) is 13.0. The average Bonchev–Trinajstić information content (AvgIpc) is 3.36. The summed E-state index contributed by atoms with van der Waals surface area (Å²) in [7, 11) is 1.55. The quantitative estimate of drug-likeness (QED) is 0.209. The van der Waals surface area contributed by atoms with Crippen LogP contribution in [0.1, 0.15) is 25.8 Å². The number of nitrogens with zero attached hydrogens (tertiary/aromatic N) is 3. The molecule has 0 aliphatic carbocycles. The minimum atomic E-state index is -0.720. The van der Waals surface area contributed by atoms with E-state index in [-0.39, 0.29) is 18.6 Å². The molecule has 0 aliphatic heterocycles. The molecule has 9 nitrogen and oxygen atoms in total. The van der Waals surface area contributed by atoms with Crippen LogP contribution in [0.2, 0.25) is 0 Å². The number of hydrogen-bond donors (Lipinski definition) is 2. The summed E-state index contributed by atoms with van der Waals surface area (Å²) in [6, 6.07) is 16.1. The Balaban J connectivity index is 1.80. The van der Waals surface area contributed by atoms with E-state index in [0.29, 0.717) is 22.6 Å². The summed E-state index contributed by atoms with van der Waals surface area (Å²) in [6.45, 7) is 7.31. The third-order valence-electron chi connectivity index (χ3n) is 6.82. The highest BCUT2D eigenvalue weighted by molar-refractivity contribution is 6.00. The first-order chi connectivity index (χ1) is 19.3. The Bertz CT molecular complexity index is 1620. The molecule has 40 heavy (non-hydrogen) atoms. The van der Waals surface area contributed by atoms with Gasteiger partial charge in [-0.1, -0.05) is 39.0 Å². The summed E-state index contributed by atoms with van der Waals surface area (Å²) < 4.78 is 12.8. The van der Waals surface area contributed by atoms with Gasteiger partial charge in [-0.2, -0.15) is 5.26 Å². The predicted octanol–water partition coefficient (Wildman–Crippen LogP) is 5.25. The minimum Gasteiger partial charge on any atom is -0.497 e. The highest BCUT2D eigenvalue weighted by Gasteiger charge is 2.22. The van der Waals surface area contributed by atoms with Gasteiger partial charge < -0.3 is 20.5 Å². The molecule has 0 spiro atoms. The number of fused-ring (bicyclic) bond motifs is 1. The molecule has 2 unspecified atom stereocenters. The van der Waals surface area contributed by atoms with Gasteiger partial charge in [-0.3, -0.25) is 14.2 Å². The van der Waals surface area contributed by atoms with Crippen LogP contribution in [0.3, 0.4) is 0 Å². The largest absolute Gasteiger partial charge is 0.497 e. The normalized spacial score (nSPS) is 12.3. The summed E-state index contributed by atoms with van der Waals surface area (Å²) in [6.07, 6.45) is 5.51. The molecule has 2 heterocycles. The number of nitriles is 1. The number of carbonyl (C=O) groups is 2. The van der Waals surface area contributed by atoms with Crippen molar-refractivity contribution in [3.05, 3.63) is 79.1 Å². The van der Waals surface area contributed by atoms with E-state index in [0.717, 1.165) is 34.1 Å². The zero-order chi connectivity index (χ0) is 28.8. The number of amides is 1. The van der Waals surface area contributed by atoms with Crippen LogP contribution in [0.5, 0.6) is 5.75 Å². The number of rotatable bonds is 10. The molecule has 2 aromatic heterocycles. The fourth-order valence-electron chi connectivity index (χ4n) is 4.28. The van der Waals surface area contributed by atoms with Gasteiger partial charge in [0.25, 0.3) is 0 Å². The second-order valence-electron chi connectivity index (χ2n) is 9.45. The summed E-state index contributed by atoms with van der Waals surface area (Å²) in [4.78, 5) is 29.2. The number of benzene rings is 2. The Morgan fingerprint density at radius 3 is 2.70 bits per heavy atom. The second kappa shape index (κ2) is 12.3. The maximum Gasteiger partial charge on any atom is 0.324 e. The molecule has 9 heteroatoms. The fraction of sp³-hybridized carbons (Fsp3) is 0.226. The molecule has 2 aromatic carbocycles. The standard InChI is InChI=1S/C31H31N5O4/c1-5-19(3)29(33)31(38)40-18-36-17-27(21-9-7-8-20(10-21)15-32)26-13-23(16-34-30(26)36)22-11-24(35-28(37)6-2)14-25(12-22)39-4/h6-14,16-17,19,29H,2,5,18,33H2,1,3-4H3,(H,35,37). The molecule has 204 valence electrons. The van der Waals surface area contributed by atoms with Gasteiger partial charge in [-0.05, 0) is 53.5 Å². The van der Waals surface area contributed by atoms with Gasteiger partial charge in [-0.25, -0.2) is 4.98 Å². The van der Waals surface area contributed by atoms with E-state index in [1.807, 2.05) is 50.4 Å². The minimum absolute atomic E-state index is 0.0112. The molecule has 4 rings (SSSR count). The van der Waals surface area contributed by atoms with Gasteiger partial charge in [0.1, 0.15) is 17.4 Å². The zero-order valence-electron chi connectivity index (χ0n) is 22.7. The van der Waals surface area contributed by atoms with E-state index in [2.05, 4.69) is 18.0 Å². The molecule has 0 aliphatic rings. The van der Waals surface area contributed by atoms with Gasteiger partial charge in [0, 0.05) is 40.7 Å². The van der Waals surface area contributed by atoms with E-state index in [1.54, 1.807) is 36.1 Å². The van der Waals surface area contributed by atoms with E-state index in [4.69, 9.17) is 20.2 Å². The number of carbonyl (C=O) groups excluding carboxylic acids is 2. The number of ether oxygens (including phenoxy) is 2. The number of anilines is 1. The molecular formula is C31H31N5O4. The Morgan fingerprint density at radius 1 is 1.20 bits per heavy atom. The lowest BCUT2D eigenvalue weighted by Crippen LogP contribution is -2.38. The molecule has 0 bridgehead atoms. The van der Waals surface area contributed by atoms with Gasteiger partial charge in [0.05, 0.1) is 18.7 Å². The van der Waals surface area contributed by atoms with Crippen LogP contribution in [-0.4, -0.2) is 34.6 Å². The lowest BCUT2D eigenvalue weighted by molar-refractivity contribution is -0.150. The second-order valence-corrected chi connectivity index (χ2v) is 9.45. The number of methoxy groups -OCH3 is 1. The number of hydrogen-bond acceptors (Lipinski definition) is 7. The number of pyridine rings is 1. The molecule has 0 saturated heterocycles. The molecule has 0 saturated carbocycles. The van der Waals surface area contributed by atoms with Crippen molar-refractivity contribution >= 4 is 28.6 Å². The summed E-state index contributed by atoms with van der Waals surface area (Å²) >= 11 is 0. The van der Waals surface area contributed by atoms with Crippen molar-refractivity contribution in [2.24, 2.45) is 11.7 Å². The van der Waals surface area contributed by atoms with Crippen LogP contribution < -0.4 is 15.8 Å². The number of aromatic nitrogens is 2. The monoisotopic (exact) mass is 537 g/mol. The molecular weight excluding hydrogens is 506 g/mol. The van der Waals surface area contributed by atoms with E-state index >= 15 is 0 Å². The molecule has 2 atom stereocenters. The van der Waals surface area contributed by atoms with Crippen LogP contribution in [0, 0.1) is 17.2 Å². The summed E-state index contributed by atoms with van der Waals surface area (Å²) in [5.74, 6) is -0.276. The van der Waals surface area contributed by atoms with Crippen LogP contribution in [0.15, 0.2) is 73.6 Å². The predicted molar refractivity (Wildman–Crippen MR) is 154 cm³/mol. The highest BCUT2D eigenvalue weighted by atomic mass is 16.5. The van der Waals surface area contributed by atoms with Gasteiger partial charge >= 0.3 is 5.97 Å². The Hall–Kier alpha value is -4.94. The van der Waals surface area contributed by atoms with Crippen molar-refractivity contribution in [2.75, 3.05) is 12.4 Å². The van der Waals surface area contributed by atoms with Crippen LogP contribution >= 0.6 is 0 Å². The van der Waals surface area contributed by atoms with Gasteiger partial charge in [0.15, 0.2) is 6.73 Å². The maximum absolute atomic E-state index is 12.6. The van der Waals surface area contributed by atoms with Crippen molar-refractivity contribution < 1.29 is 19.1 Å². The van der Waals surface area contributed by atoms with Crippen LogP contribution in [0.25, 0.3) is 33.3 Å². The first kappa shape index (κ1) is 28.1. The third kappa shape index (κ3) is 6.03. The van der Waals surface area contributed by atoms with E-state index in [1.165, 1.54) is 6.08 Å². The van der Waals surface area contributed by atoms with Crippen LogP contribution in [0.4, 0.5) is 5.69 Å². The molecule has 1 amide bonds. The molecule has 4 aromatic rings. The van der Waals surface area contributed by atoms with Crippen molar-refractivity contribution in [1.82, 2.24) is 9.55 Å². The molecule has 3 N–H and O–H groups in total. The topological polar surface area (TPSA) is 132 Å². The Labute approximate surface area is 232 Å². The van der Waals surface area contributed by atoms with Crippen molar-refractivity contribution in [1.29, 1.82) is 5.26 Å². The van der Waals surface area contributed by atoms with Crippen molar-refractivity contribution in [3.8, 4) is 34.1 Å². The number of esters is 1. The van der Waals surface area contributed by atoms with Gasteiger partial charge in [0.2, 0.25) is 5.91 Å². The lowest BCUT2D eigenvalue weighted by Gasteiger charge is -2.17. The Morgan fingerprint density at radius 2 is 2.00 bits per heavy atom. The van der Waals surface area contributed by atoms with E-state index < -0.39 is 12.0 Å². The SMILES string of the molecule is C=CC(=O)Nc1cc(OC)cc(-c2cnc3c(c2)c(-c2cccc(C#N)c2)cn3COC(=O)C(N)C(C)CC)c1. The Kier molecular flexibility index (Phi) is 8.62.